The number of aliphatic hydroxyl groups is 1. The molecule has 2 N–H and O–H groups in total. The van der Waals surface area contributed by atoms with E-state index in [0.29, 0.717) is 18.1 Å². The van der Waals surface area contributed by atoms with Gasteiger partial charge in [0.1, 0.15) is 19.2 Å². The summed E-state index contributed by atoms with van der Waals surface area (Å²) in [6.07, 6.45) is 4.62. The fourth-order valence-electron chi connectivity index (χ4n) is 4.84. The van der Waals surface area contributed by atoms with Crippen molar-refractivity contribution in [2.24, 2.45) is 11.3 Å². The SMILES string of the molecule is C[C@H]1C[C@@H](OC[C@H](O)C[NH+]2CCc3ccccc3C2)CC(C)(C)C1. The van der Waals surface area contributed by atoms with Crippen molar-refractivity contribution in [3.63, 3.8) is 0 Å². The molecule has 0 spiro atoms. The molecular formula is C21H34NO2+. The molecule has 1 aromatic rings. The summed E-state index contributed by atoms with van der Waals surface area (Å²) in [5, 5.41) is 10.4. The number of nitrogens with one attached hydrogen (secondary N) is 1. The van der Waals surface area contributed by atoms with Crippen LogP contribution in [0.25, 0.3) is 0 Å². The van der Waals surface area contributed by atoms with E-state index in [0.717, 1.165) is 44.8 Å². The highest BCUT2D eigenvalue weighted by molar-refractivity contribution is 5.27. The summed E-state index contributed by atoms with van der Waals surface area (Å²) in [6, 6.07) is 8.70. The zero-order valence-corrected chi connectivity index (χ0v) is 15.6. The van der Waals surface area contributed by atoms with E-state index >= 15 is 0 Å². The van der Waals surface area contributed by atoms with Crippen LogP contribution in [0.2, 0.25) is 0 Å². The van der Waals surface area contributed by atoms with Crippen LogP contribution < -0.4 is 4.90 Å². The van der Waals surface area contributed by atoms with E-state index in [1.54, 1.807) is 0 Å². The van der Waals surface area contributed by atoms with E-state index in [-0.39, 0.29) is 6.10 Å². The molecule has 1 aliphatic heterocycles. The van der Waals surface area contributed by atoms with Crippen LogP contribution in [0.1, 0.15) is 51.2 Å². The van der Waals surface area contributed by atoms with Crippen LogP contribution >= 0.6 is 0 Å². The largest absolute Gasteiger partial charge is 0.385 e. The molecule has 1 aliphatic carbocycles. The average molecular weight is 333 g/mol. The first-order valence-electron chi connectivity index (χ1n) is 9.61. The van der Waals surface area contributed by atoms with Gasteiger partial charge in [-0.3, -0.25) is 0 Å². The Balaban J connectivity index is 1.44. The maximum atomic E-state index is 10.4. The summed E-state index contributed by atoms with van der Waals surface area (Å²) < 4.78 is 6.10. The van der Waals surface area contributed by atoms with E-state index in [9.17, 15) is 5.11 Å². The molecule has 1 heterocycles. The highest BCUT2D eigenvalue weighted by atomic mass is 16.5. The Labute approximate surface area is 147 Å². The number of hydrogen-bond acceptors (Lipinski definition) is 2. The Morgan fingerprint density at radius 3 is 2.75 bits per heavy atom. The first-order valence-corrected chi connectivity index (χ1v) is 9.61. The van der Waals surface area contributed by atoms with Crippen LogP contribution in [0.5, 0.6) is 0 Å². The second-order valence-corrected chi connectivity index (χ2v) is 8.92. The second kappa shape index (κ2) is 7.55. The lowest BCUT2D eigenvalue weighted by atomic mass is 9.71. The van der Waals surface area contributed by atoms with E-state index in [4.69, 9.17) is 4.74 Å². The number of rotatable bonds is 5. The van der Waals surface area contributed by atoms with Gasteiger partial charge >= 0.3 is 0 Å². The van der Waals surface area contributed by atoms with E-state index < -0.39 is 0 Å². The molecule has 1 saturated carbocycles. The third-order valence-corrected chi connectivity index (χ3v) is 5.70. The van der Waals surface area contributed by atoms with Crippen LogP contribution in [0.3, 0.4) is 0 Å². The molecule has 2 aliphatic rings. The van der Waals surface area contributed by atoms with Gasteiger partial charge in [0.05, 0.1) is 19.3 Å². The predicted octanol–water partition coefficient (Wildman–Crippen LogP) is 2.22. The van der Waals surface area contributed by atoms with E-state index in [2.05, 4.69) is 45.0 Å². The molecule has 3 rings (SSSR count). The van der Waals surface area contributed by atoms with Crippen molar-refractivity contribution >= 4 is 0 Å². The van der Waals surface area contributed by atoms with Gasteiger partial charge in [-0.15, -0.1) is 0 Å². The maximum absolute atomic E-state index is 10.4. The Bertz CT molecular complexity index is 542. The number of quaternary nitrogens is 1. The molecule has 0 radical (unpaired) electrons. The first-order chi connectivity index (χ1) is 11.4. The Morgan fingerprint density at radius 1 is 1.25 bits per heavy atom. The third-order valence-electron chi connectivity index (χ3n) is 5.70. The van der Waals surface area contributed by atoms with Crippen molar-refractivity contribution in [1.82, 2.24) is 0 Å². The highest BCUT2D eigenvalue weighted by Gasteiger charge is 2.33. The van der Waals surface area contributed by atoms with Crippen molar-refractivity contribution in [1.29, 1.82) is 0 Å². The number of benzene rings is 1. The number of aliphatic hydroxyl groups excluding tert-OH is 1. The second-order valence-electron chi connectivity index (χ2n) is 8.92. The smallest absolute Gasteiger partial charge is 0.126 e. The number of hydrogen-bond donors (Lipinski definition) is 2. The van der Waals surface area contributed by atoms with Gasteiger partial charge in [0, 0.05) is 12.0 Å². The molecule has 0 bridgehead atoms. The van der Waals surface area contributed by atoms with Crippen molar-refractivity contribution in [3.8, 4) is 0 Å². The van der Waals surface area contributed by atoms with Crippen molar-refractivity contribution in [2.75, 3.05) is 19.7 Å². The summed E-state index contributed by atoms with van der Waals surface area (Å²) in [5.74, 6) is 0.722. The van der Waals surface area contributed by atoms with Gasteiger partial charge in [-0.25, -0.2) is 0 Å². The number of fused-ring (bicyclic) bond motifs is 1. The summed E-state index contributed by atoms with van der Waals surface area (Å²) >= 11 is 0. The number of ether oxygens (including phenoxy) is 1. The molecule has 0 amide bonds. The van der Waals surface area contributed by atoms with Gasteiger partial charge in [-0.05, 0) is 36.2 Å². The van der Waals surface area contributed by atoms with Crippen LogP contribution in [0, 0.1) is 11.3 Å². The van der Waals surface area contributed by atoms with Gasteiger partial charge in [-0.1, -0.05) is 45.0 Å². The molecule has 134 valence electrons. The van der Waals surface area contributed by atoms with Crippen LogP contribution in [-0.2, 0) is 17.7 Å². The molecule has 1 unspecified atom stereocenters. The van der Waals surface area contributed by atoms with E-state index in [1.807, 2.05) is 0 Å². The van der Waals surface area contributed by atoms with Gasteiger partial charge in [0.15, 0.2) is 0 Å². The first kappa shape index (κ1) is 17.9. The monoisotopic (exact) mass is 332 g/mol. The standard InChI is InChI=1S/C21H33NO2/c1-16-10-20(12-21(2,3)11-16)24-15-19(23)14-22-9-8-17-6-4-5-7-18(17)13-22/h4-7,16,19-20,23H,8-15H2,1-3H3/p+1/t16-,19+,20+/m0/s1. The van der Waals surface area contributed by atoms with Crippen molar-refractivity contribution in [2.45, 2.75) is 65.2 Å². The summed E-state index contributed by atoms with van der Waals surface area (Å²) in [7, 11) is 0. The quantitative estimate of drug-likeness (QED) is 0.867. The minimum atomic E-state index is -0.356. The maximum Gasteiger partial charge on any atom is 0.126 e. The van der Waals surface area contributed by atoms with Crippen molar-refractivity contribution < 1.29 is 14.7 Å². The molecule has 1 aromatic carbocycles. The topological polar surface area (TPSA) is 33.9 Å². The van der Waals surface area contributed by atoms with Gasteiger partial charge in [0.25, 0.3) is 0 Å². The molecule has 24 heavy (non-hydrogen) atoms. The van der Waals surface area contributed by atoms with Crippen LogP contribution in [0.15, 0.2) is 24.3 Å². The van der Waals surface area contributed by atoms with Gasteiger partial charge in [0.2, 0.25) is 0 Å². The zero-order chi connectivity index (χ0) is 17.2. The zero-order valence-electron chi connectivity index (χ0n) is 15.6. The van der Waals surface area contributed by atoms with Crippen LogP contribution in [-0.4, -0.2) is 37.0 Å². The lowest BCUT2D eigenvalue weighted by molar-refractivity contribution is -0.919. The molecular weight excluding hydrogens is 298 g/mol. The Hall–Kier alpha value is -0.900. The van der Waals surface area contributed by atoms with Gasteiger partial charge in [-0.2, -0.15) is 0 Å². The Morgan fingerprint density at radius 2 is 2.00 bits per heavy atom. The lowest BCUT2D eigenvalue weighted by Crippen LogP contribution is -3.13. The minimum absolute atomic E-state index is 0.315. The highest BCUT2D eigenvalue weighted by Crippen LogP contribution is 2.39. The minimum Gasteiger partial charge on any atom is -0.385 e. The normalized spacial score (nSPS) is 30.6. The molecule has 0 saturated heterocycles. The van der Waals surface area contributed by atoms with Gasteiger partial charge < -0.3 is 14.7 Å². The predicted molar refractivity (Wildman–Crippen MR) is 97.1 cm³/mol. The molecule has 0 aromatic heterocycles. The molecule has 4 atom stereocenters. The fourth-order valence-corrected chi connectivity index (χ4v) is 4.84. The van der Waals surface area contributed by atoms with Crippen molar-refractivity contribution in [3.05, 3.63) is 35.4 Å². The Kier molecular flexibility index (Phi) is 5.63. The third kappa shape index (κ3) is 4.81. The summed E-state index contributed by atoms with van der Waals surface area (Å²) in [5.41, 5.74) is 3.29. The summed E-state index contributed by atoms with van der Waals surface area (Å²) in [6.45, 7) is 10.4. The molecule has 1 fully saturated rings. The fraction of sp³-hybridized carbons (Fsp3) is 0.714. The van der Waals surface area contributed by atoms with Crippen LogP contribution in [0.4, 0.5) is 0 Å². The lowest BCUT2D eigenvalue weighted by Gasteiger charge is -2.39. The summed E-state index contributed by atoms with van der Waals surface area (Å²) in [4.78, 5) is 1.47. The molecule has 3 heteroatoms. The molecule has 3 nitrogen and oxygen atoms in total. The average Bonchev–Trinajstić information content (AvgIpc) is 2.51. The van der Waals surface area contributed by atoms with E-state index in [1.165, 1.54) is 22.4 Å².